The SMILES string of the molecule is CC1(c2ccc(Cl)cc2Cl)NC(=O)N(CC(=O)N(CCC(N)=O)c2ccc(F)cc2)C1=O. The van der Waals surface area contributed by atoms with Crippen molar-refractivity contribution in [1.82, 2.24) is 10.2 Å². The second-order valence-electron chi connectivity index (χ2n) is 7.31. The Labute approximate surface area is 193 Å². The molecule has 0 saturated carbocycles. The number of nitrogens with zero attached hydrogens (tertiary/aromatic N) is 2. The third-order valence-corrected chi connectivity index (χ3v) is 5.61. The molecule has 8 nitrogen and oxygen atoms in total. The highest BCUT2D eigenvalue weighted by molar-refractivity contribution is 6.35. The molecule has 32 heavy (non-hydrogen) atoms. The summed E-state index contributed by atoms with van der Waals surface area (Å²) < 4.78 is 13.3. The summed E-state index contributed by atoms with van der Waals surface area (Å²) in [6.07, 6.45) is -0.165. The molecular weight excluding hydrogens is 462 g/mol. The Bertz CT molecular complexity index is 1100. The zero-order valence-electron chi connectivity index (χ0n) is 16.9. The molecular formula is C21H19Cl2FN4O4. The molecule has 5 amide bonds. The van der Waals surface area contributed by atoms with Crippen LogP contribution in [0.3, 0.4) is 0 Å². The number of rotatable bonds is 7. The summed E-state index contributed by atoms with van der Waals surface area (Å²) in [5.74, 6) is -2.51. The smallest absolute Gasteiger partial charge is 0.325 e. The van der Waals surface area contributed by atoms with Gasteiger partial charge in [0, 0.05) is 34.3 Å². The van der Waals surface area contributed by atoms with E-state index in [-0.39, 0.29) is 23.7 Å². The predicted molar refractivity (Wildman–Crippen MR) is 117 cm³/mol. The summed E-state index contributed by atoms with van der Waals surface area (Å²) in [5, 5.41) is 3.10. The Morgan fingerprint density at radius 2 is 1.81 bits per heavy atom. The number of hydrogen-bond donors (Lipinski definition) is 2. The van der Waals surface area contributed by atoms with Crippen LogP contribution >= 0.6 is 23.2 Å². The average Bonchev–Trinajstić information content (AvgIpc) is 2.92. The number of urea groups is 1. The van der Waals surface area contributed by atoms with E-state index in [0.717, 1.165) is 21.9 Å². The van der Waals surface area contributed by atoms with Crippen LogP contribution in [0.15, 0.2) is 42.5 Å². The van der Waals surface area contributed by atoms with Crippen molar-refractivity contribution in [2.75, 3.05) is 18.0 Å². The van der Waals surface area contributed by atoms with Crippen LogP contribution < -0.4 is 16.0 Å². The van der Waals surface area contributed by atoms with Crippen molar-refractivity contribution in [2.45, 2.75) is 18.9 Å². The zero-order chi connectivity index (χ0) is 23.6. The number of carbonyl (C=O) groups excluding carboxylic acids is 4. The summed E-state index contributed by atoms with van der Waals surface area (Å²) in [6, 6.07) is 8.69. The van der Waals surface area contributed by atoms with Gasteiger partial charge in [0.2, 0.25) is 11.8 Å². The predicted octanol–water partition coefficient (Wildman–Crippen LogP) is 2.81. The number of nitrogens with two attached hydrogens (primary N) is 1. The van der Waals surface area contributed by atoms with Gasteiger partial charge in [0.1, 0.15) is 17.9 Å². The third-order valence-electron chi connectivity index (χ3n) is 5.06. The molecule has 3 N–H and O–H groups in total. The number of hydrogen-bond acceptors (Lipinski definition) is 4. The van der Waals surface area contributed by atoms with Gasteiger partial charge >= 0.3 is 6.03 Å². The maximum Gasteiger partial charge on any atom is 0.325 e. The van der Waals surface area contributed by atoms with Crippen molar-refractivity contribution in [3.8, 4) is 0 Å². The van der Waals surface area contributed by atoms with E-state index in [2.05, 4.69) is 5.32 Å². The van der Waals surface area contributed by atoms with Crippen LogP contribution in [0.1, 0.15) is 18.9 Å². The highest BCUT2D eigenvalue weighted by atomic mass is 35.5. The largest absolute Gasteiger partial charge is 0.370 e. The zero-order valence-corrected chi connectivity index (χ0v) is 18.4. The van der Waals surface area contributed by atoms with E-state index < -0.39 is 41.7 Å². The van der Waals surface area contributed by atoms with Gasteiger partial charge in [-0.05, 0) is 43.3 Å². The highest BCUT2D eigenvalue weighted by Crippen LogP contribution is 2.35. The van der Waals surface area contributed by atoms with Crippen LogP contribution in [0, 0.1) is 5.82 Å². The lowest BCUT2D eigenvalue weighted by atomic mass is 9.92. The number of nitrogens with one attached hydrogen (secondary N) is 1. The maximum absolute atomic E-state index is 13.3. The van der Waals surface area contributed by atoms with E-state index in [1.54, 1.807) is 0 Å². The molecule has 1 aliphatic rings. The van der Waals surface area contributed by atoms with Gasteiger partial charge in [-0.1, -0.05) is 29.3 Å². The lowest BCUT2D eigenvalue weighted by Crippen LogP contribution is -2.45. The van der Waals surface area contributed by atoms with E-state index in [4.69, 9.17) is 28.9 Å². The van der Waals surface area contributed by atoms with Gasteiger partial charge in [-0.3, -0.25) is 19.3 Å². The third kappa shape index (κ3) is 4.68. The number of imide groups is 1. The normalized spacial score (nSPS) is 17.9. The van der Waals surface area contributed by atoms with Gasteiger partial charge in [-0.15, -0.1) is 0 Å². The lowest BCUT2D eigenvalue weighted by Gasteiger charge is -2.26. The number of halogens is 3. The van der Waals surface area contributed by atoms with Crippen LogP contribution in [0.5, 0.6) is 0 Å². The molecule has 168 valence electrons. The van der Waals surface area contributed by atoms with Crippen molar-refractivity contribution in [3.63, 3.8) is 0 Å². The standard InChI is InChI=1S/C21H19Cl2FN4O4/c1-21(15-7-2-12(22)10-16(15)23)19(31)28(20(32)26-21)11-18(30)27(9-8-17(25)29)14-5-3-13(24)4-6-14/h2-7,10H,8-9,11H2,1H3,(H2,25,29)(H,26,32). The molecule has 11 heteroatoms. The minimum atomic E-state index is -1.51. The Balaban J connectivity index is 1.85. The Morgan fingerprint density at radius 3 is 2.41 bits per heavy atom. The van der Waals surface area contributed by atoms with Crippen LogP contribution in [0.2, 0.25) is 10.0 Å². The quantitative estimate of drug-likeness (QED) is 0.593. The molecule has 0 aromatic heterocycles. The minimum absolute atomic E-state index is 0.107. The van der Waals surface area contributed by atoms with Crippen molar-refractivity contribution in [1.29, 1.82) is 0 Å². The molecule has 1 saturated heterocycles. The fourth-order valence-corrected chi connectivity index (χ4v) is 3.98. The summed E-state index contributed by atoms with van der Waals surface area (Å²) in [4.78, 5) is 51.9. The summed E-state index contributed by atoms with van der Waals surface area (Å²) in [7, 11) is 0. The number of carbonyl (C=O) groups is 4. The van der Waals surface area contributed by atoms with Crippen molar-refractivity contribution in [2.24, 2.45) is 5.73 Å². The number of amides is 5. The van der Waals surface area contributed by atoms with E-state index in [1.807, 2.05) is 0 Å². The van der Waals surface area contributed by atoms with Crippen molar-refractivity contribution < 1.29 is 23.6 Å². The molecule has 1 aliphatic heterocycles. The van der Waals surface area contributed by atoms with Gasteiger partial charge in [0.05, 0.1) is 0 Å². The Hall–Kier alpha value is -3.17. The molecule has 1 atom stereocenters. The maximum atomic E-state index is 13.3. The number of anilines is 1. The second kappa shape index (κ2) is 9.13. The van der Waals surface area contributed by atoms with Crippen molar-refractivity contribution in [3.05, 3.63) is 63.9 Å². The highest BCUT2D eigenvalue weighted by Gasteiger charge is 2.50. The summed E-state index contributed by atoms with van der Waals surface area (Å²) in [5.41, 5.74) is 4.29. The average molecular weight is 481 g/mol. The molecule has 1 fully saturated rings. The number of primary amides is 1. The molecule has 2 aromatic carbocycles. The van der Waals surface area contributed by atoms with Crippen LogP contribution in [0.25, 0.3) is 0 Å². The fourth-order valence-electron chi connectivity index (χ4n) is 3.38. The van der Waals surface area contributed by atoms with E-state index in [9.17, 15) is 23.6 Å². The van der Waals surface area contributed by atoms with Crippen LogP contribution in [-0.2, 0) is 19.9 Å². The van der Waals surface area contributed by atoms with Gasteiger partial charge in [-0.25, -0.2) is 9.18 Å². The first-order chi connectivity index (χ1) is 15.0. The summed E-state index contributed by atoms with van der Waals surface area (Å²) in [6.45, 7) is 0.753. The minimum Gasteiger partial charge on any atom is -0.370 e. The fraction of sp³-hybridized carbons (Fsp3) is 0.238. The monoisotopic (exact) mass is 480 g/mol. The summed E-state index contributed by atoms with van der Waals surface area (Å²) >= 11 is 12.1. The molecule has 3 rings (SSSR count). The topological polar surface area (TPSA) is 113 Å². The Morgan fingerprint density at radius 1 is 1.16 bits per heavy atom. The van der Waals surface area contributed by atoms with Crippen LogP contribution in [-0.4, -0.2) is 41.7 Å². The molecule has 1 unspecified atom stereocenters. The van der Waals surface area contributed by atoms with Gasteiger partial charge < -0.3 is 16.0 Å². The second-order valence-corrected chi connectivity index (χ2v) is 8.15. The molecule has 2 aromatic rings. The van der Waals surface area contributed by atoms with E-state index >= 15 is 0 Å². The van der Waals surface area contributed by atoms with Crippen LogP contribution in [0.4, 0.5) is 14.9 Å². The van der Waals surface area contributed by atoms with E-state index in [1.165, 1.54) is 37.3 Å². The number of benzene rings is 2. The molecule has 0 aliphatic carbocycles. The first kappa shape index (κ1) is 23.5. The van der Waals surface area contributed by atoms with Gasteiger partial charge in [-0.2, -0.15) is 0 Å². The molecule has 0 spiro atoms. The first-order valence-corrected chi connectivity index (χ1v) is 10.2. The van der Waals surface area contributed by atoms with Crippen molar-refractivity contribution >= 4 is 52.6 Å². The lowest BCUT2D eigenvalue weighted by molar-refractivity contribution is -0.134. The molecule has 1 heterocycles. The van der Waals surface area contributed by atoms with E-state index in [0.29, 0.717) is 10.6 Å². The van der Waals surface area contributed by atoms with Gasteiger partial charge in [0.15, 0.2) is 0 Å². The first-order valence-electron chi connectivity index (χ1n) is 9.47. The Kier molecular flexibility index (Phi) is 6.71. The molecule has 0 radical (unpaired) electrons. The molecule has 0 bridgehead atoms. The van der Waals surface area contributed by atoms with Gasteiger partial charge in [0.25, 0.3) is 5.91 Å².